The number of fused-ring (bicyclic) bond motifs is 6. The Morgan fingerprint density at radius 2 is 1.47 bits per heavy atom. The maximum absolute atomic E-state index is 14.6. The van der Waals surface area contributed by atoms with Gasteiger partial charge in [-0.25, -0.2) is 9.69 Å². The number of amides is 9. The summed E-state index contributed by atoms with van der Waals surface area (Å²) in [5.41, 5.74) is 6.89. The van der Waals surface area contributed by atoms with Gasteiger partial charge in [0.25, 0.3) is 11.8 Å². The van der Waals surface area contributed by atoms with Gasteiger partial charge in [0.1, 0.15) is 24.4 Å². The first kappa shape index (κ1) is 71.4. The maximum Gasteiger partial charge on any atom is 0.416 e. The second-order valence-corrected chi connectivity index (χ2v) is 27.7. The van der Waals surface area contributed by atoms with Gasteiger partial charge in [-0.05, 0) is 127 Å². The zero-order chi connectivity index (χ0) is 75.2. The van der Waals surface area contributed by atoms with Crippen LogP contribution in [0.1, 0.15) is 127 Å². The third-order valence-electron chi connectivity index (χ3n) is 20.9. The first-order chi connectivity index (χ1) is 51.7. The Balaban J connectivity index is 0.594. The number of para-hydroxylation sites is 1. The number of hydrogen-bond donors (Lipinski definition) is 6. The van der Waals surface area contributed by atoms with E-state index in [0.717, 1.165) is 45.8 Å². The molecule has 13 rings (SSSR count). The van der Waals surface area contributed by atoms with Crippen LogP contribution in [0.25, 0.3) is 5.57 Å². The summed E-state index contributed by atoms with van der Waals surface area (Å²) in [6.07, 6.45) is 3.49. The molecule has 6 N–H and O–H groups in total. The standard InChI is InChI=1S/C80H86N10O16/c1-6-48(2)73(85-74(95)62-17-11-32-86(62)72(94)43-83-70(92)42-82-69(91)28-29-71(93)88-44-53-15-8-7-13-50(53)20-21-52-14-9-10-16-61(52)88)75(96)84-55-24-18-49(19-25-55)46-106-79(100)90-63-39-68(66(103-5)37-59(63)77(98)89-47-80(30-31-80)40-64(89)78(90)99)105-34-12-33-104-67-38-60-58(36-65(67)102-4)76(97)87-45-54(35-56(87)41-81-60)51-22-26-57(101-3)27-23-51/h7-10,13-16,18-19,22-27,36-39,45,48,56,62,64,73,78,81,99H,6,11-12,17,28-35,40-44,46-47H2,1-5H3,(H,82,91)(H,83,92)(H,84,96)(H,85,95)/t48-,56-,62-,64-,73-,78?/m0/s1/i/hD. The minimum atomic E-state index is -1.51. The number of rotatable bonds is 25. The minimum Gasteiger partial charge on any atom is -0.497 e. The monoisotopic (exact) mass is 1440 g/mol. The van der Waals surface area contributed by atoms with Crippen LogP contribution < -0.4 is 60.1 Å². The van der Waals surface area contributed by atoms with Crippen molar-refractivity contribution in [1.29, 1.82) is 0 Å². The van der Waals surface area contributed by atoms with Gasteiger partial charge in [-0.2, -0.15) is 0 Å². The second kappa shape index (κ2) is 31.8. The van der Waals surface area contributed by atoms with E-state index in [9.17, 15) is 48.3 Å². The van der Waals surface area contributed by atoms with Crippen molar-refractivity contribution >= 4 is 81.7 Å². The van der Waals surface area contributed by atoms with Crippen molar-refractivity contribution in [2.24, 2.45) is 11.3 Å². The highest BCUT2D eigenvalue weighted by molar-refractivity contribution is 6.07. The van der Waals surface area contributed by atoms with Crippen LogP contribution in [-0.4, -0.2) is 171 Å². The number of nitrogens with one attached hydrogen (secondary N) is 5. The number of likely N-dealkylation sites (tertiary alicyclic amines) is 1. The fourth-order valence-corrected chi connectivity index (χ4v) is 14.5. The molecule has 0 radical (unpaired) electrons. The van der Waals surface area contributed by atoms with E-state index in [4.69, 9.17) is 29.8 Å². The number of anilines is 4. The predicted octanol–water partition coefficient (Wildman–Crippen LogP) is 8.13. The number of carbonyl (C=O) groups excluding carboxylic acids is 9. The molecule has 6 atom stereocenters. The Kier molecular flexibility index (Phi) is 21.4. The molecule has 0 aromatic heterocycles. The molecule has 9 amide bonds. The molecule has 6 heterocycles. The van der Waals surface area contributed by atoms with Gasteiger partial charge < -0.3 is 79.7 Å². The van der Waals surface area contributed by atoms with Gasteiger partial charge in [-0.15, -0.1) is 0 Å². The summed E-state index contributed by atoms with van der Waals surface area (Å²) in [6.45, 7) is 3.64. The fourth-order valence-electron chi connectivity index (χ4n) is 14.5. The van der Waals surface area contributed by atoms with E-state index in [1.807, 2.05) is 73.8 Å². The summed E-state index contributed by atoms with van der Waals surface area (Å²) in [6, 6.07) is 32.5. The third kappa shape index (κ3) is 15.8. The highest BCUT2D eigenvalue weighted by Gasteiger charge is 2.58. The molecule has 1 aliphatic carbocycles. The van der Waals surface area contributed by atoms with E-state index in [1.165, 1.54) is 31.3 Å². The number of methoxy groups -OCH3 is 3. The summed E-state index contributed by atoms with van der Waals surface area (Å²) < 4.78 is 43.7. The highest BCUT2D eigenvalue weighted by Crippen LogP contribution is 2.57. The molecule has 1 unspecified atom stereocenters. The van der Waals surface area contributed by atoms with E-state index in [1.54, 1.807) is 77.3 Å². The molecular weight excluding hydrogens is 1360 g/mol. The number of hydrogen-bond acceptors (Lipinski definition) is 17. The normalized spacial score (nSPS) is 19.1. The van der Waals surface area contributed by atoms with Crippen LogP contribution in [0.5, 0.6) is 28.7 Å². The molecule has 552 valence electrons. The van der Waals surface area contributed by atoms with Crippen LogP contribution in [-0.2, 0) is 46.7 Å². The lowest BCUT2D eigenvalue weighted by Gasteiger charge is -2.31. The average molecular weight is 1440 g/mol. The molecule has 6 aromatic rings. The van der Waals surface area contributed by atoms with Gasteiger partial charge in [0.05, 0.1) is 94.5 Å². The largest absolute Gasteiger partial charge is 0.497 e. The minimum absolute atomic E-state index is 0.0565. The predicted molar refractivity (Wildman–Crippen MR) is 392 cm³/mol. The van der Waals surface area contributed by atoms with Gasteiger partial charge in [0.15, 0.2) is 30.6 Å². The van der Waals surface area contributed by atoms with E-state index >= 15 is 0 Å². The van der Waals surface area contributed by atoms with Crippen molar-refractivity contribution in [2.45, 2.75) is 122 Å². The quantitative estimate of drug-likeness (QED) is 0.0233. The fraction of sp³-hybridized carbons (Fsp3) is 0.388. The van der Waals surface area contributed by atoms with Crippen molar-refractivity contribution in [1.82, 2.24) is 30.6 Å². The number of aliphatic hydroxyl groups is 1. The number of ether oxygens (including phenoxy) is 6. The van der Waals surface area contributed by atoms with Gasteiger partial charge in [-0.3, -0.25) is 38.4 Å². The number of aliphatic hydroxyl groups excluding tert-OH is 1. The molecule has 26 heteroatoms. The van der Waals surface area contributed by atoms with Crippen LogP contribution in [0, 0.1) is 23.2 Å². The molecule has 6 aliphatic heterocycles. The lowest BCUT2D eigenvalue weighted by Crippen LogP contribution is -2.55. The Labute approximate surface area is 615 Å². The van der Waals surface area contributed by atoms with Crippen LogP contribution in [0.2, 0.25) is 1.41 Å². The van der Waals surface area contributed by atoms with Crippen LogP contribution >= 0.6 is 0 Å². The molecular formula is C80H86N10O16. The number of carbonyl (C=O) groups is 9. The van der Waals surface area contributed by atoms with Crippen molar-refractivity contribution in [3.05, 3.63) is 166 Å². The second-order valence-electron chi connectivity index (χ2n) is 27.7. The first-order valence-electron chi connectivity index (χ1n) is 36.3. The maximum atomic E-state index is 14.6. The summed E-state index contributed by atoms with van der Waals surface area (Å²) in [5, 5.41) is 24.3. The molecule has 3 fully saturated rings. The summed E-state index contributed by atoms with van der Waals surface area (Å²) in [5.74, 6) is 3.70. The van der Waals surface area contributed by atoms with Gasteiger partial charge in [-0.1, -0.05) is 86.7 Å². The Hall–Kier alpha value is -11.6. The molecule has 6 aromatic carbocycles. The Morgan fingerprint density at radius 3 is 2.20 bits per heavy atom. The van der Waals surface area contributed by atoms with Crippen molar-refractivity contribution in [3.8, 4) is 40.6 Å². The van der Waals surface area contributed by atoms with E-state index in [-0.39, 0.29) is 110 Å². The highest BCUT2D eigenvalue weighted by atomic mass is 16.6. The van der Waals surface area contributed by atoms with Gasteiger partial charge in [0, 0.05) is 74.0 Å². The molecule has 2 saturated heterocycles. The molecule has 1 spiro atoms. The SMILES string of the molecule is [2H]N(CC(=O)N1CCC[C@H]1C(=O)N[C@H](C(=O)Nc1ccc(COC(=O)N2c3cc(OCCCOc4cc5c(cc4OC)C(=O)N4C=C(c6ccc(OC)cc6)C[C@H]4CN5)c(OC)cc3C(=O)N3CC4(CC4)C[C@H]3C2O)cc1)[C@@H](C)CC)C(=O)CNC(=O)CCC(=O)N1Cc2ccccc2C#Cc2ccccc21. The lowest BCUT2D eigenvalue weighted by molar-refractivity contribution is -0.139. The van der Waals surface area contributed by atoms with Crippen LogP contribution in [0.15, 0.2) is 128 Å². The number of benzene rings is 6. The van der Waals surface area contributed by atoms with Crippen LogP contribution in [0.3, 0.4) is 0 Å². The summed E-state index contributed by atoms with van der Waals surface area (Å²) >= 11 is 0. The van der Waals surface area contributed by atoms with Gasteiger partial charge in [0.2, 0.25) is 35.4 Å². The number of nitrogens with zero attached hydrogens (tertiary/aromatic N) is 5. The Morgan fingerprint density at radius 1 is 0.764 bits per heavy atom. The molecule has 106 heavy (non-hydrogen) atoms. The molecule has 1 saturated carbocycles. The molecule has 7 aliphatic rings. The molecule has 0 bridgehead atoms. The lowest BCUT2D eigenvalue weighted by atomic mass is 9.97. The van der Waals surface area contributed by atoms with E-state index in [0.29, 0.717) is 95.8 Å². The van der Waals surface area contributed by atoms with E-state index in [2.05, 4.69) is 33.1 Å². The van der Waals surface area contributed by atoms with Crippen molar-refractivity contribution in [2.75, 3.05) is 87.7 Å². The topological polar surface area (TPSA) is 306 Å². The zero-order valence-electron chi connectivity index (χ0n) is 60.8. The first-order valence-corrected chi connectivity index (χ1v) is 35.9. The molecule has 26 nitrogen and oxygen atoms in total. The van der Waals surface area contributed by atoms with Crippen molar-refractivity contribution < 1.29 is 78.1 Å². The smallest absolute Gasteiger partial charge is 0.416 e. The van der Waals surface area contributed by atoms with Crippen molar-refractivity contribution in [3.63, 3.8) is 0 Å². The average Bonchev–Trinajstić information content (AvgIpc) is 1.56. The van der Waals surface area contributed by atoms with Gasteiger partial charge >= 0.3 is 6.09 Å². The summed E-state index contributed by atoms with van der Waals surface area (Å²) in [4.78, 5) is 132. The van der Waals surface area contributed by atoms with E-state index < -0.39 is 73.1 Å². The summed E-state index contributed by atoms with van der Waals surface area (Å²) in [7, 11) is 4.57. The Bertz CT molecular complexity index is 4560. The zero-order valence-corrected chi connectivity index (χ0v) is 59.8. The third-order valence-corrected chi connectivity index (χ3v) is 20.9. The van der Waals surface area contributed by atoms with Crippen LogP contribution in [0.4, 0.5) is 27.5 Å².